The standard InChI is InChI=1S/C13H19NO2S/c1-2-3-7-16-13(15)10-14-6-4-12-11(9-14)5-8-17-12/h5,8H,2-4,6-7,9-10H2,1H3. The van der Waals surface area contributed by atoms with Gasteiger partial charge in [-0.15, -0.1) is 11.3 Å². The summed E-state index contributed by atoms with van der Waals surface area (Å²) in [6.45, 7) is 4.94. The highest BCUT2D eigenvalue weighted by Crippen LogP contribution is 2.23. The molecule has 2 heterocycles. The Morgan fingerprint density at radius 2 is 2.47 bits per heavy atom. The molecule has 2 rings (SSSR count). The van der Waals surface area contributed by atoms with Crippen LogP contribution in [0.25, 0.3) is 0 Å². The van der Waals surface area contributed by atoms with Crippen molar-refractivity contribution in [3.8, 4) is 0 Å². The van der Waals surface area contributed by atoms with Gasteiger partial charge in [-0.25, -0.2) is 0 Å². The third-order valence-corrected chi connectivity index (χ3v) is 4.02. The maximum Gasteiger partial charge on any atom is 0.320 e. The van der Waals surface area contributed by atoms with E-state index in [1.54, 1.807) is 0 Å². The van der Waals surface area contributed by atoms with Crippen LogP contribution in [0.5, 0.6) is 0 Å². The van der Waals surface area contributed by atoms with E-state index in [0.717, 1.165) is 32.4 Å². The van der Waals surface area contributed by atoms with Gasteiger partial charge in [-0.05, 0) is 29.9 Å². The lowest BCUT2D eigenvalue weighted by Crippen LogP contribution is -2.35. The van der Waals surface area contributed by atoms with E-state index in [0.29, 0.717) is 13.2 Å². The van der Waals surface area contributed by atoms with E-state index in [2.05, 4.69) is 23.3 Å². The van der Waals surface area contributed by atoms with Crippen LogP contribution in [0.2, 0.25) is 0 Å². The normalized spacial score (nSPS) is 15.6. The van der Waals surface area contributed by atoms with E-state index >= 15 is 0 Å². The molecule has 0 bridgehead atoms. The number of esters is 1. The lowest BCUT2D eigenvalue weighted by molar-refractivity contribution is -0.145. The van der Waals surface area contributed by atoms with Crippen molar-refractivity contribution in [3.05, 3.63) is 21.9 Å². The van der Waals surface area contributed by atoms with Crippen molar-refractivity contribution in [2.24, 2.45) is 0 Å². The third-order valence-electron chi connectivity index (χ3n) is 3.00. The Morgan fingerprint density at radius 1 is 1.59 bits per heavy atom. The number of thiophene rings is 1. The first kappa shape index (κ1) is 12.6. The lowest BCUT2D eigenvalue weighted by Gasteiger charge is -2.25. The second-order valence-electron chi connectivity index (χ2n) is 4.40. The zero-order valence-corrected chi connectivity index (χ0v) is 11.1. The summed E-state index contributed by atoms with van der Waals surface area (Å²) in [5, 5.41) is 2.13. The molecule has 0 saturated heterocycles. The van der Waals surface area contributed by atoms with Gasteiger partial charge >= 0.3 is 5.97 Å². The molecular formula is C13H19NO2S. The molecule has 0 N–H and O–H groups in total. The van der Waals surface area contributed by atoms with Crippen molar-refractivity contribution >= 4 is 17.3 Å². The van der Waals surface area contributed by atoms with Gasteiger partial charge < -0.3 is 4.74 Å². The van der Waals surface area contributed by atoms with Gasteiger partial charge in [-0.2, -0.15) is 0 Å². The van der Waals surface area contributed by atoms with Crippen LogP contribution < -0.4 is 0 Å². The number of nitrogens with zero attached hydrogens (tertiary/aromatic N) is 1. The zero-order valence-electron chi connectivity index (χ0n) is 10.3. The molecule has 3 nitrogen and oxygen atoms in total. The summed E-state index contributed by atoms with van der Waals surface area (Å²) >= 11 is 1.82. The Balaban J connectivity index is 1.76. The molecule has 4 heteroatoms. The average molecular weight is 253 g/mol. The van der Waals surface area contributed by atoms with Crippen LogP contribution in [0, 0.1) is 0 Å². The summed E-state index contributed by atoms with van der Waals surface area (Å²) in [7, 11) is 0. The molecule has 0 aromatic carbocycles. The first-order chi connectivity index (χ1) is 8.29. The second-order valence-corrected chi connectivity index (χ2v) is 5.40. The monoisotopic (exact) mass is 253 g/mol. The molecular weight excluding hydrogens is 234 g/mol. The van der Waals surface area contributed by atoms with Gasteiger partial charge in [0, 0.05) is 18.0 Å². The number of rotatable bonds is 5. The van der Waals surface area contributed by atoms with Crippen molar-refractivity contribution in [3.63, 3.8) is 0 Å². The van der Waals surface area contributed by atoms with E-state index in [-0.39, 0.29) is 5.97 Å². The fraction of sp³-hybridized carbons (Fsp3) is 0.615. The van der Waals surface area contributed by atoms with Gasteiger partial charge in [-0.3, -0.25) is 9.69 Å². The van der Waals surface area contributed by atoms with Gasteiger partial charge in [0.25, 0.3) is 0 Å². The highest BCUT2D eigenvalue weighted by molar-refractivity contribution is 7.10. The summed E-state index contributed by atoms with van der Waals surface area (Å²) in [4.78, 5) is 15.2. The van der Waals surface area contributed by atoms with Gasteiger partial charge in [0.15, 0.2) is 0 Å². The summed E-state index contributed by atoms with van der Waals surface area (Å²) in [6, 6.07) is 2.16. The van der Waals surface area contributed by atoms with E-state index in [1.165, 1.54) is 10.4 Å². The minimum Gasteiger partial charge on any atom is -0.465 e. The Kier molecular flexibility index (Phi) is 4.57. The Labute approximate surface area is 106 Å². The number of hydrogen-bond donors (Lipinski definition) is 0. The Hall–Kier alpha value is -0.870. The van der Waals surface area contributed by atoms with E-state index < -0.39 is 0 Å². The van der Waals surface area contributed by atoms with Crippen LogP contribution in [0.4, 0.5) is 0 Å². The number of carbonyl (C=O) groups is 1. The summed E-state index contributed by atoms with van der Waals surface area (Å²) in [6.07, 6.45) is 3.09. The maximum atomic E-state index is 11.6. The number of ether oxygens (including phenoxy) is 1. The molecule has 0 spiro atoms. The zero-order chi connectivity index (χ0) is 12.1. The molecule has 0 fully saturated rings. The summed E-state index contributed by atoms with van der Waals surface area (Å²) in [5.74, 6) is -0.0860. The number of unbranched alkanes of at least 4 members (excludes halogenated alkanes) is 1. The second kappa shape index (κ2) is 6.17. The average Bonchev–Trinajstić information content (AvgIpc) is 2.76. The molecule has 0 radical (unpaired) electrons. The number of carbonyl (C=O) groups excluding carboxylic acids is 1. The molecule has 1 aliphatic heterocycles. The Bertz CT molecular complexity index is 375. The predicted molar refractivity (Wildman–Crippen MR) is 69.2 cm³/mol. The highest BCUT2D eigenvalue weighted by Gasteiger charge is 2.19. The van der Waals surface area contributed by atoms with Crippen molar-refractivity contribution in [1.82, 2.24) is 4.90 Å². The first-order valence-corrected chi connectivity index (χ1v) is 7.10. The topological polar surface area (TPSA) is 29.5 Å². The summed E-state index contributed by atoms with van der Waals surface area (Å²) < 4.78 is 5.18. The largest absolute Gasteiger partial charge is 0.465 e. The molecule has 1 aliphatic rings. The van der Waals surface area contributed by atoms with E-state index in [4.69, 9.17) is 4.74 Å². The lowest BCUT2D eigenvalue weighted by atomic mass is 10.1. The number of fused-ring (bicyclic) bond motifs is 1. The SMILES string of the molecule is CCCCOC(=O)CN1CCc2sccc2C1. The van der Waals surface area contributed by atoms with Gasteiger partial charge in [0.2, 0.25) is 0 Å². The molecule has 94 valence electrons. The molecule has 0 amide bonds. The third kappa shape index (κ3) is 3.54. The molecule has 0 atom stereocenters. The van der Waals surface area contributed by atoms with Crippen LogP contribution in [0.3, 0.4) is 0 Å². The van der Waals surface area contributed by atoms with E-state index in [9.17, 15) is 4.79 Å². The molecule has 0 aliphatic carbocycles. The van der Waals surface area contributed by atoms with Gasteiger partial charge in [0.1, 0.15) is 0 Å². The van der Waals surface area contributed by atoms with Crippen molar-refractivity contribution in [2.75, 3.05) is 19.7 Å². The maximum absolute atomic E-state index is 11.6. The smallest absolute Gasteiger partial charge is 0.320 e. The van der Waals surface area contributed by atoms with Crippen LogP contribution in [-0.4, -0.2) is 30.6 Å². The van der Waals surface area contributed by atoms with Crippen molar-refractivity contribution in [2.45, 2.75) is 32.7 Å². The minimum absolute atomic E-state index is 0.0860. The van der Waals surface area contributed by atoms with Gasteiger partial charge in [-0.1, -0.05) is 13.3 Å². The predicted octanol–water partition coefficient (Wildman–Crippen LogP) is 2.45. The highest BCUT2D eigenvalue weighted by atomic mass is 32.1. The molecule has 0 saturated carbocycles. The van der Waals surface area contributed by atoms with Crippen LogP contribution >= 0.6 is 11.3 Å². The van der Waals surface area contributed by atoms with Crippen LogP contribution in [0.1, 0.15) is 30.2 Å². The molecule has 17 heavy (non-hydrogen) atoms. The quantitative estimate of drug-likeness (QED) is 0.596. The fourth-order valence-corrected chi connectivity index (χ4v) is 2.89. The molecule has 1 aromatic rings. The van der Waals surface area contributed by atoms with Crippen LogP contribution in [0.15, 0.2) is 11.4 Å². The van der Waals surface area contributed by atoms with E-state index in [1.807, 2.05) is 11.3 Å². The first-order valence-electron chi connectivity index (χ1n) is 6.23. The Morgan fingerprint density at radius 3 is 3.29 bits per heavy atom. The molecule has 1 aromatic heterocycles. The van der Waals surface area contributed by atoms with Crippen molar-refractivity contribution < 1.29 is 9.53 Å². The molecule has 0 unspecified atom stereocenters. The summed E-state index contributed by atoms with van der Waals surface area (Å²) in [5.41, 5.74) is 1.38. The minimum atomic E-state index is -0.0860. The van der Waals surface area contributed by atoms with Crippen molar-refractivity contribution in [1.29, 1.82) is 0 Å². The van der Waals surface area contributed by atoms with Gasteiger partial charge in [0.05, 0.1) is 13.2 Å². The number of hydrogen-bond acceptors (Lipinski definition) is 4. The van der Waals surface area contributed by atoms with Crippen LogP contribution in [-0.2, 0) is 22.5 Å². The fourth-order valence-electron chi connectivity index (χ4n) is 2.00.